The number of aromatic nitrogens is 2. The molecule has 0 saturated heterocycles. The van der Waals surface area contributed by atoms with Crippen molar-refractivity contribution in [2.45, 2.75) is 0 Å². The number of carbonyl (C=O) groups is 1. The molecule has 17 heavy (non-hydrogen) atoms. The summed E-state index contributed by atoms with van der Waals surface area (Å²) >= 11 is 0. The second kappa shape index (κ2) is 4.61. The number of ether oxygens (including phenoxy) is 1. The molecule has 0 fully saturated rings. The van der Waals surface area contributed by atoms with Gasteiger partial charge < -0.3 is 10.5 Å². The Morgan fingerprint density at radius 2 is 2.00 bits per heavy atom. The third kappa shape index (κ3) is 2.23. The van der Waals surface area contributed by atoms with Gasteiger partial charge in [0.05, 0.1) is 19.0 Å². The molecule has 0 aliphatic carbocycles. The van der Waals surface area contributed by atoms with E-state index >= 15 is 0 Å². The number of aldehydes is 1. The third-order valence-corrected chi connectivity index (χ3v) is 2.33. The Kier molecular flexibility index (Phi) is 3.00. The van der Waals surface area contributed by atoms with E-state index in [4.69, 9.17) is 10.5 Å². The fourth-order valence-corrected chi connectivity index (χ4v) is 1.40. The number of methoxy groups -OCH3 is 1. The van der Waals surface area contributed by atoms with E-state index in [0.29, 0.717) is 12.0 Å². The van der Waals surface area contributed by atoms with Crippen molar-refractivity contribution in [3.05, 3.63) is 36.2 Å². The van der Waals surface area contributed by atoms with Crippen LogP contribution in [0.5, 0.6) is 5.75 Å². The van der Waals surface area contributed by atoms with Crippen molar-refractivity contribution >= 4 is 12.1 Å². The molecule has 0 aliphatic rings. The molecular weight excluding hydrogens is 218 g/mol. The predicted molar refractivity (Wildman–Crippen MR) is 63.8 cm³/mol. The minimum absolute atomic E-state index is 0.133. The summed E-state index contributed by atoms with van der Waals surface area (Å²) in [5.41, 5.74) is 7.24. The molecule has 1 heterocycles. The molecule has 0 atom stereocenters. The van der Waals surface area contributed by atoms with E-state index in [2.05, 4.69) is 9.97 Å². The molecule has 1 aromatic carbocycles. The monoisotopic (exact) mass is 229 g/mol. The Labute approximate surface area is 98.3 Å². The summed E-state index contributed by atoms with van der Waals surface area (Å²) in [4.78, 5) is 18.6. The highest BCUT2D eigenvalue weighted by molar-refractivity contribution is 5.79. The van der Waals surface area contributed by atoms with E-state index in [9.17, 15) is 4.79 Å². The average molecular weight is 229 g/mol. The van der Waals surface area contributed by atoms with E-state index in [-0.39, 0.29) is 11.5 Å². The normalized spacial score (nSPS) is 9.94. The lowest BCUT2D eigenvalue weighted by atomic mass is 10.1. The van der Waals surface area contributed by atoms with E-state index in [1.54, 1.807) is 7.11 Å². The van der Waals surface area contributed by atoms with Gasteiger partial charge in [0, 0.05) is 5.56 Å². The van der Waals surface area contributed by atoms with Crippen LogP contribution in [0.4, 0.5) is 5.82 Å². The second-order valence-corrected chi connectivity index (χ2v) is 3.37. The highest BCUT2D eigenvalue weighted by atomic mass is 16.5. The summed E-state index contributed by atoms with van der Waals surface area (Å²) in [5, 5.41) is 0. The molecule has 0 bridgehead atoms. The Balaban J connectivity index is 2.38. The van der Waals surface area contributed by atoms with Crippen molar-refractivity contribution in [3.8, 4) is 17.0 Å². The van der Waals surface area contributed by atoms with Gasteiger partial charge >= 0.3 is 0 Å². The lowest BCUT2D eigenvalue weighted by Crippen LogP contribution is -2.01. The van der Waals surface area contributed by atoms with E-state index in [1.807, 2.05) is 24.3 Å². The Bertz CT molecular complexity index is 538. The van der Waals surface area contributed by atoms with Crippen molar-refractivity contribution in [2.24, 2.45) is 0 Å². The third-order valence-electron chi connectivity index (χ3n) is 2.33. The number of nitrogen functional groups attached to an aromatic ring is 1. The first-order chi connectivity index (χ1) is 8.24. The number of anilines is 1. The zero-order chi connectivity index (χ0) is 12.3. The molecule has 2 rings (SSSR count). The van der Waals surface area contributed by atoms with E-state index < -0.39 is 0 Å². The smallest absolute Gasteiger partial charge is 0.172 e. The van der Waals surface area contributed by atoms with Crippen LogP contribution in [0.15, 0.2) is 30.5 Å². The molecule has 86 valence electrons. The molecule has 0 unspecified atom stereocenters. The molecule has 2 aromatic rings. The molecule has 0 aliphatic heterocycles. The van der Waals surface area contributed by atoms with Crippen molar-refractivity contribution < 1.29 is 9.53 Å². The number of rotatable bonds is 3. The summed E-state index contributed by atoms with van der Waals surface area (Å²) in [7, 11) is 1.60. The van der Waals surface area contributed by atoms with Crippen LogP contribution >= 0.6 is 0 Å². The van der Waals surface area contributed by atoms with Crippen LogP contribution in [0.25, 0.3) is 11.3 Å². The van der Waals surface area contributed by atoms with Crippen LogP contribution in [-0.2, 0) is 0 Å². The van der Waals surface area contributed by atoms with Crippen molar-refractivity contribution in [1.29, 1.82) is 0 Å². The summed E-state index contributed by atoms with van der Waals surface area (Å²) < 4.78 is 5.06. The van der Waals surface area contributed by atoms with Gasteiger partial charge in [0.15, 0.2) is 12.1 Å². The van der Waals surface area contributed by atoms with E-state index in [1.165, 1.54) is 6.20 Å². The Morgan fingerprint density at radius 1 is 1.29 bits per heavy atom. The molecule has 1 aromatic heterocycles. The van der Waals surface area contributed by atoms with Gasteiger partial charge in [0.1, 0.15) is 11.4 Å². The van der Waals surface area contributed by atoms with Gasteiger partial charge in [-0.3, -0.25) is 4.79 Å². The topological polar surface area (TPSA) is 78.1 Å². The SMILES string of the molecule is COc1ccc(-c2cnc(C=O)c(N)n2)cc1. The molecule has 5 heteroatoms. The standard InChI is InChI=1S/C12H11N3O2/c1-17-9-4-2-8(3-5-9)10-6-14-11(7-16)12(13)15-10/h2-7H,1H3,(H2,13,15). The van der Waals surface area contributed by atoms with Gasteiger partial charge in [-0.2, -0.15) is 0 Å². The first-order valence-corrected chi connectivity index (χ1v) is 4.96. The number of benzene rings is 1. The van der Waals surface area contributed by atoms with E-state index in [0.717, 1.165) is 11.3 Å². The van der Waals surface area contributed by atoms with Crippen LogP contribution in [0.3, 0.4) is 0 Å². The summed E-state index contributed by atoms with van der Waals surface area (Å²) in [5.74, 6) is 0.896. The highest BCUT2D eigenvalue weighted by Gasteiger charge is 2.05. The van der Waals surface area contributed by atoms with Gasteiger partial charge in [-0.05, 0) is 24.3 Å². The zero-order valence-electron chi connectivity index (χ0n) is 9.25. The lowest BCUT2D eigenvalue weighted by Gasteiger charge is -2.04. The Morgan fingerprint density at radius 3 is 2.53 bits per heavy atom. The summed E-state index contributed by atoms with van der Waals surface area (Å²) in [6.07, 6.45) is 2.10. The highest BCUT2D eigenvalue weighted by Crippen LogP contribution is 2.21. The van der Waals surface area contributed by atoms with Crippen LogP contribution in [-0.4, -0.2) is 23.4 Å². The quantitative estimate of drug-likeness (QED) is 0.808. The molecule has 0 spiro atoms. The second-order valence-electron chi connectivity index (χ2n) is 3.37. The number of nitrogens with two attached hydrogens (primary N) is 1. The molecule has 5 nitrogen and oxygen atoms in total. The maximum Gasteiger partial charge on any atom is 0.172 e. The maximum atomic E-state index is 10.6. The maximum absolute atomic E-state index is 10.6. The van der Waals surface area contributed by atoms with Gasteiger partial charge in [-0.15, -0.1) is 0 Å². The first kappa shape index (κ1) is 11.1. The van der Waals surface area contributed by atoms with Gasteiger partial charge in [0.25, 0.3) is 0 Å². The molecule has 2 N–H and O–H groups in total. The summed E-state index contributed by atoms with van der Waals surface area (Å²) in [6, 6.07) is 7.34. The molecule has 0 radical (unpaired) electrons. The fourth-order valence-electron chi connectivity index (χ4n) is 1.40. The number of hydrogen-bond donors (Lipinski definition) is 1. The largest absolute Gasteiger partial charge is 0.497 e. The zero-order valence-corrected chi connectivity index (χ0v) is 9.25. The molecule has 0 amide bonds. The minimum atomic E-state index is 0.133. The van der Waals surface area contributed by atoms with Crippen molar-refractivity contribution in [1.82, 2.24) is 9.97 Å². The first-order valence-electron chi connectivity index (χ1n) is 4.96. The average Bonchev–Trinajstić information content (AvgIpc) is 2.39. The van der Waals surface area contributed by atoms with Crippen LogP contribution in [0.1, 0.15) is 10.5 Å². The van der Waals surface area contributed by atoms with Crippen LogP contribution in [0.2, 0.25) is 0 Å². The predicted octanol–water partition coefficient (Wildman–Crippen LogP) is 1.55. The van der Waals surface area contributed by atoms with Crippen LogP contribution < -0.4 is 10.5 Å². The van der Waals surface area contributed by atoms with Crippen LogP contribution in [0, 0.1) is 0 Å². The Hall–Kier alpha value is -2.43. The molecule has 0 saturated carbocycles. The van der Waals surface area contributed by atoms with Crippen molar-refractivity contribution in [3.63, 3.8) is 0 Å². The fraction of sp³-hybridized carbons (Fsp3) is 0.0833. The van der Waals surface area contributed by atoms with Crippen molar-refractivity contribution in [2.75, 3.05) is 12.8 Å². The van der Waals surface area contributed by atoms with Gasteiger partial charge in [0.2, 0.25) is 0 Å². The number of hydrogen-bond acceptors (Lipinski definition) is 5. The minimum Gasteiger partial charge on any atom is -0.497 e. The van der Waals surface area contributed by atoms with Gasteiger partial charge in [-0.1, -0.05) is 0 Å². The summed E-state index contributed by atoms with van der Waals surface area (Å²) in [6.45, 7) is 0. The molecular formula is C12H11N3O2. The lowest BCUT2D eigenvalue weighted by molar-refractivity contribution is 0.111. The number of carbonyl (C=O) groups excluding carboxylic acids is 1. The number of nitrogens with zero attached hydrogens (tertiary/aromatic N) is 2. The van der Waals surface area contributed by atoms with Gasteiger partial charge in [-0.25, -0.2) is 9.97 Å².